The van der Waals surface area contributed by atoms with Crippen molar-refractivity contribution in [2.75, 3.05) is 12.3 Å². The van der Waals surface area contributed by atoms with Crippen LogP contribution in [0.3, 0.4) is 0 Å². The number of nitrogen functional groups attached to an aromatic ring is 1. The summed E-state index contributed by atoms with van der Waals surface area (Å²) in [7, 11) is 0. The maximum Gasteiger partial charge on any atom is 0.170 e. The smallest absolute Gasteiger partial charge is 0.170 e. The fraction of sp³-hybridized carbons (Fsp3) is 0.625. The Morgan fingerprint density at radius 2 is 2.00 bits per heavy atom. The van der Waals surface area contributed by atoms with Crippen molar-refractivity contribution < 1.29 is 20.1 Å². The molecule has 6 atom stereocenters. The minimum Gasteiger partial charge on any atom is -0.389 e. The molecule has 0 aliphatic carbocycles. The first-order valence-corrected chi connectivity index (χ1v) is 8.56. The summed E-state index contributed by atoms with van der Waals surface area (Å²) in [6.45, 7) is 3.75. The Morgan fingerprint density at radius 3 is 2.69 bits per heavy atom. The lowest BCUT2D eigenvalue weighted by Crippen LogP contribution is -2.44. The number of anilines is 1. The Morgan fingerprint density at radius 1 is 1.27 bits per heavy atom. The van der Waals surface area contributed by atoms with Gasteiger partial charge in [0, 0.05) is 11.8 Å². The van der Waals surface area contributed by atoms with E-state index in [9.17, 15) is 15.3 Å². The van der Waals surface area contributed by atoms with Gasteiger partial charge in [0.25, 0.3) is 0 Å². The third-order valence-corrected chi connectivity index (χ3v) is 4.90. The molecule has 1 fully saturated rings. The van der Waals surface area contributed by atoms with Crippen molar-refractivity contribution in [3.05, 3.63) is 18.1 Å². The number of hydrogen-bond acceptors (Lipinski definition) is 9. The molecule has 2 aromatic rings. The normalized spacial score (nSPS) is 28.7. The second-order valence-corrected chi connectivity index (χ2v) is 7.00. The zero-order valence-electron chi connectivity index (χ0n) is 14.7. The fourth-order valence-corrected chi connectivity index (χ4v) is 3.14. The summed E-state index contributed by atoms with van der Waals surface area (Å²) in [4.78, 5) is 11.1. The summed E-state index contributed by atoms with van der Waals surface area (Å²) in [5.74, 6) is 0.348. The Hall–Kier alpha value is -1.82. The average Bonchev–Trinajstić information content (AvgIpc) is 3.15. The SMILES string of the molecule is CC(C)[C@H](N)C(O)OC[C@H]1N[C@@H](c2c[nH]c3c(N)ncnc23)[C@H](O)[C@@H]1O. The first kappa shape index (κ1) is 19.0. The van der Waals surface area contributed by atoms with Crippen molar-refractivity contribution >= 4 is 16.9 Å². The highest BCUT2D eigenvalue weighted by Crippen LogP contribution is 2.32. The number of aromatic nitrogens is 3. The highest BCUT2D eigenvalue weighted by molar-refractivity contribution is 5.87. The van der Waals surface area contributed by atoms with Gasteiger partial charge in [0.2, 0.25) is 0 Å². The van der Waals surface area contributed by atoms with Crippen LogP contribution < -0.4 is 16.8 Å². The van der Waals surface area contributed by atoms with Gasteiger partial charge in [0.15, 0.2) is 12.1 Å². The molecule has 0 bridgehead atoms. The van der Waals surface area contributed by atoms with E-state index in [2.05, 4.69) is 20.3 Å². The maximum absolute atomic E-state index is 10.4. The lowest BCUT2D eigenvalue weighted by Gasteiger charge is -2.24. The van der Waals surface area contributed by atoms with Gasteiger partial charge in [0.1, 0.15) is 17.9 Å². The molecule has 1 aliphatic heterocycles. The predicted octanol–water partition coefficient (Wildman–Crippen LogP) is -1.41. The summed E-state index contributed by atoms with van der Waals surface area (Å²) in [5.41, 5.74) is 13.5. The molecule has 0 spiro atoms. The number of rotatable bonds is 6. The molecule has 1 saturated heterocycles. The molecule has 10 nitrogen and oxygen atoms in total. The number of nitrogens with one attached hydrogen (secondary N) is 2. The highest BCUT2D eigenvalue weighted by atomic mass is 16.6. The van der Waals surface area contributed by atoms with Crippen molar-refractivity contribution in [1.29, 1.82) is 0 Å². The number of aromatic amines is 1. The second-order valence-electron chi connectivity index (χ2n) is 7.00. The number of hydrogen-bond donors (Lipinski definition) is 7. The van der Waals surface area contributed by atoms with Crippen LogP contribution in [0.15, 0.2) is 12.5 Å². The van der Waals surface area contributed by atoms with Crippen LogP contribution in [0.2, 0.25) is 0 Å². The molecule has 9 N–H and O–H groups in total. The number of nitrogens with two attached hydrogens (primary N) is 2. The number of fused-ring (bicyclic) bond motifs is 1. The minimum atomic E-state index is -1.15. The number of ether oxygens (including phenoxy) is 1. The van der Waals surface area contributed by atoms with E-state index in [1.807, 2.05) is 13.8 Å². The molecule has 3 heterocycles. The molecular weight excluding hydrogens is 340 g/mol. The molecule has 1 unspecified atom stereocenters. The van der Waals surface area contributed by atoms with Crippen LogP contribution in [0.5, 0.6) is 0 Å². The van der Waals surface area contributed by atoms with E-state index < -0.39 is 36.6 Å². The number of aliphatic hydroxyl groups excluding tert-OH is 3. The van der Waals surface area contributed by atoms with Gasteiger partial charge in [0.05, 0.1) is 36.4 Å². The van der Waals surface area contributed by atoms with Gasteiger partial charge in [-0.3, -0.25) is 0 Å². The van der Waals surface area contributed by atoms with Crippen molar-refractivity contribution in [1.82, 2.24) is 20.3 Å². The van der Waals surface area contributed by atoms with Gasteiger partial charge in [-0.15, -0.1) is 0 Å². The van der Waals surface area contributed by atoms with Crippen molar-refractivity contribution in [2.45, 2.75) is 50.5 Å². The highest BCUT2D eigenvalue weighted by Gasteiger charge is 2.43. The summed E-state index contributed by atoms with van der Waals surface area (Å²) in [5, 5.41) is 33.9. The molecule has 0 aromatic carbocycles. The Labute approximate surface area is 150 Å². The molecule has 0 saturated carbocycles. The van der Waals surface area contributed by atoms with Gasteiger partial charge < -0.3 is 41.8 Å². The third-order valence-electron chi connectivity index (χ3n) is 4.90. The number of H-pyrrole nitrogens is 1. The molecule has 0 amide bonds. The van der Waals surface area contributed by atoms with Crippen LogP contribution in [-0.4, -0.2) is 67.5 Å². The Kier molecular flexibility index (Phi) is 5.42. The zero-order chi connectivity index (χ0) is 19.0. The molecule has 1 aliphatic rings. The minimum absolute atomic E-state index is 0.00417. The van der Waals surface area contributed by atoms with Crippen LogP contribution in [0.1, 0.15) is 25.5 Å². The van der Waals surface area contributed by atoms with E-state index in [-0.39, 0.29) is 12.5 Å². The summed E-state index contributed by atoms with van der Waals surface area (Å²) < 4.78 is 5.38. The van der Waals surface area contributed by atoms with Crippen LogP contribution in [0.4, 0.5) is 5.82 Å². The molecular formula is C16H26N6O4. The van der Waals surface area contributed by atoms with Crippen LogP contribution in [-0.2, 0) is 4.74 Å². The molecule has 26 heavy (non-hydrogen) atoms. The zero-order valence-corrected chi connectivity index (χ0v) is 14.7. The van der Waals surface area contributed by atoms with Crippen LogP contribution >= 0.6 is 0 Å². The van der Waals surface area contributed by atoms with Crippen molar-refractivity contribution in [3.8, 4) is 0 Å². The average molecular weight is 366 g/mol. The molecule has 2 aromatic heterocycles. The summed E-state index contributed by atoms with van der Waals surface area (Å²) in [6, 6.07) is -1.69. The molecule has 3 rings (SSSR count). The van der Waals surface area contributed by atoms with E-state index in [4.69, 9.17) is 16.2 Å². The topological polar surface area (TPSA) is 176 Å². The van der Waals surface area contributed by atoms with E-state index in [0.717, 1.165) is 0 Å². The fourth-order valence-electron chi connectivity index (χ4n) is 3.14. The van der Waals surface area contributed by atoms with E-state index >= 15 is 0 Å². The lowest BCUT2D eigenvalue weighted by atomic mass is 10.0. The lowest BCUT2D eigenvalue weighted by molar-refractivity contribution is -0.131. The first-order valence-electron chi connectivity index (χ1n) is 8.56. The van der Waals surface area contributed by atoms with Gasteiger partial charge >= 0.3 is 0 Å². The van der Waals surface area contributed by atoms with Crippen molar-refractivity contribution in [3.63, 3.8) is 0 Å². The molecule has 0 radical (unpaired) electrons. The standard InChI is InChI=1S/C16H26N6O4/c1-6(2)9(17)16(25)26-4-8-13(23)14(24)11(22-8)7-3-19-12-10(7)20-5-21-15(12)18/h3,5-6,8-9,11,13-14,16,19,22-25H,4,17H2,1-2H3,(H2,18,20,21)/t8-,9+,11+,13-,14+,16?/m1/s1. The molecule has 10 heteroatoms. The third kappa shape index (κ3) is 3.39. The van der Waals surface area contributed by atoms with Gasteiger partial charge in [-0.25, -0.2) is 9.97 Å². The summed E-state index contributed by atoms with van der Waals surface area (Å²) in [6.07, 6.45) is -0.283. The molecule has 144 valence electrons. The summed E-state index contributed by atoms with van der Waals surface area (Å²) >= 11 is 0. The van der Waals surface area contributed by atoms with Crippen LogP contribution in [0, 0.1) is 5.92 Å². The van der Waals surface area contributed by atoms with E-state index in [1.165, 1.54) is 6.33 Å². The van der Waals surface area contributed by atoms with Crippen LogP contribution in [0.25, 0.3) is 11.0 Å². The quantitative estimate of drug-likeness (QED) is 0.303. The monoisotopic (exact) mass is 366 g/mol. The predicted molar refractivity (Wildman–Crippen MR) is 94.8 cm³/mol. The first-order chi connectivity index (χ1) is 12.3. The largest absolute Gasteiger partial charge is 0.389 e. The van der Waals surface area contributed by atoms with E-state index in [1.54, 1.807) is 6.20 Å². The maximum atomic E-state index is 10.4. The number of aliphatic hydroxyl groups is 3. The van der Waals surface area contributed by atoms with Gasteiger partial charge in [-0.2, -0.15) is 0 Å². The second kappa shape index (κ2) is 7.43. The number of nitrogens with zero attached hydrogens (tertiary/aromatic N) is 2. The van der Waals surface area contributed by atoms with Crippen molar-refractivity contribution in [2.24, 2.45) is 11.7 Å². The van der Waals surface area contributed by atoms with E-state index in [0.29, 0.717) is 22.4 Å². The van der Waals surface area contributed by atoms with Gasteiger partial charge in [-0.05, 0) is 5.92 Å². The van der Waals surface area contributed by atoms with Gasteiger partial charge in [-0.1, -0.05) is 13.8 Å². The Bertz CT molecular complexity index is 753. The Balaban J connectivity index is 1.72.